The summed E-state index contributed by atoms with van der Waals surface area (Å²) < 4.78 is 2.08. The Hall–Kier alpha value is -2.38. The summed E-state index contributed by atoms with van der Waals surface area (Å²) in [7, 11) is 0. The van der Waals surface area contributed by atoms with Crippen LogP contribution < -0.4 is 10.2 Å². The molecule has 3 heterocycles. The summed E-state index contributed by atoms with van der Waals surface area (Å²) in [5.41, 5.74) is 1.66. The summed E-state index contributed by atoms with van der Waals surface area (Å²) in [5, 5.41) is 3.41. The number of nitrogens with one attached hydrogen (secondary N) is 1. The van der Waals surface area contributed by atoms with Crippen molar-refractivity contribution in [1.29, 1.82) is 0 Å². The Bertz CT molecular complexity index is 828. The largest absolute Gasteiger partial charge is 0.368 e. The normalized spacial score (nSPS) is 17.2. The molecule has 0 saturated carbocycles. The molecule has 1 unspecified atom stereocenters. The van der Waals surface area contributed by atoms with Crippen LogP contribution in [0.25, 0.3) is 11.2 Å². The van der Waals surface area contributed by atoms with E-state index in [4.69, 9.17) is 9.97 Å². The van der Waals surface area contributed by atoms with Gasteiger partial charge in [0, 0.05) is 38.8 Å². The maximum atomic E-state index is 12.9. The maximum Gasteiger partial charge on any atom is 0.229 e. The quantitative estimate of drug-likeness (QED) is 0.731. The first-order valence-electron chi connectivity index (χ1n) is 11.0. The van der Waals surface area contributed by atoms with Gasteiger partial charge in [0.25, 0.3) is 0 Å². The molecule has 1 fully saturated rings. The molecule has 1 amide bonds. The van der Waals surface area contributed by atoms with Crippen LogP contribution in [-0.4, -0.2) is 63.0 Å². The van der Waals surface area contributed by atoms with Gasteiger partial charge in [-0.1, -0.05) is 6.92 Å². The number of piperidine rings is 1. The Morgan fingerprint density at radius 1 is 1.28 bits per heavy atom. The lowest BCUT2D eigenvalue weighted by Crippen LogP contribution is -2.45. The zero-order valence-corrected chi connectivity index (χ0v) is 18.5. The zero-order chi connectivity index (χ0) is 21.0. The number of aromatic nitrogens is 4. The Balaban J connectivity index is 1.93. The van der Waals surface area contributed by atoms with Crippen molar-refractivity contribution in [2.75, 3.05) is 42.9 Å². The van der Waals surface area contributed by atoms with E-state index in [2.05, 4.69) is 40.5 Å². The summed E-state index contributed by atoms with van der Waals surface area (Å²) in [4.78, 5) is 31.3. The number of hydrogen-bond acceptors (Lipinski definition) is 6. The monoisotopic (exact) mass is 401 g/mol. The predicted molar refractivity (Wildman–Crippen MR) is 117 cm³/mol. The van der Waals surface area contributed by atoms with Crippen molar-refractivity contribution in [3.63, 3.8) is 0 Å². The molecule has 0 spiro atoms. The lowest BCUT2D eigenvalue weighted by Gasteiger charge is -2.34. The molecular weight excluding hydrogens is 366 g/mol. The number of hydrogen-bond donors (Lipinski definition) is 1. The minimum atomic E-state index is 0.00464. The Labute approximate surface area is 173 Å². The summed E-state index contributed by atoms with van der Waals surface area (Å²) in [5.74, 6) is 1.72. The van der Waals surface area contributed by atoms with Crippen LogP contribution in [-0.2, 0) is 4.79 Å². The highest BCUT2D eigenvalue weighted by Crippen LogP contribution is 2.28. The maximum absolute atomic E-state index is 12.9. The van der Waals surface area contributed by atoms with E-state index >= 15 is 0 Å². The molecule has 8 nitrogen and oxygen atoms in total. The molecule has 1 aliphatic heterocycles. The average molecular weight is 402 g/mol. The molecule has 2 aromatic rings. The van der Waals surface area contributed by atoms with Crippen LogP contribution in [0.3, 0.4) is 0 Å². The SMILES string of the molecule is CCCNc1nc(N2CCCC(C(=O)N(CC)CC)C2)nc2c1ncn2C(C)C. The van der Waals surface area contributed by atoms with E-state index in [-0.39, 0.29) is 17.9 Å². The van der Waals surface area contributed by atoms with Gasteiger partial charge in [0.05, 0.1) is 12.2 Å². The molecule has 160 valence electrons. The van der Waals surface area contributed by atoms with Crippen molar-refractivity contribution >= 4 is 28.8 Å². The first-order valence-corrected chi connectivity index (χ1v) is 11.0. The van der Waals surface area contributed by atoms with Crippen molar-refractivity contribution in [2.45, 2.75) is 59.9 Å². The van der Waals surface area contributed by atoms with Gasteiger partial charge in [0.2, 0.25) is 11.9 Å². The summed E-state index contributed by atoms with van der Waals surface area (Å²) in [6.45, 7) is 14.4. The molecule has 1 atom stereocenters. The summed E-state index contributed by atoms with van der Waals surface area (Å²) in [6.07, 6.45) is 4.75. The molecule has 1 saturated heterocycles. The predicted octanol–water partition coefficient (Wildman–Crippen LogP) is 3.31. The molecular formula is C21H35N7O. The number of rotatable bonds is 8. The third kappa shape index (κ3) is 4.46. The Morgan fingerprint density at radius 3 is 2.69 bits per heavy atom. The van der Waals surface area contributed by atoms with Gasteiger partial charge >= 0.3 is 0 Å². The summed E-state index contributed by atoms with van der Waals surface area (Å²) >= 11 is 0. The van der Waals surface area contributed by atoms with Crippen molar-refractivity contribution in [3.8, 4) is 0 Å². The van der Waals surface area contributed by atoms with Crippen LogP contribution in [0.4, 0.5) is 11.8 Å². The molecule has 29 heavy (non-hydrogen) atoms. The fraction of sp³-hybridized carbons (Fsp3) is 0.714. The van der Waals surface area contributed by atoms with E-state index in [0.29, 0.717) is 12.5 Å². The number of carbonyl (C=O) groups is 1. The van der Waals surface area contributed by atoms with Crippen molar-refractivity contribution in [1.82, 2.24) is 24.4 Å². The van der Waals surface area contributed by atoms with E-state index in [1.807, 2.05) is 25.1 Å². The van der Waals surface area contributed by atoms with Crippen LogP contribution in [0.5, 0.6) is 0 Å². The third-order valence-electron chi connectivity index (χ3n) is 5.64. The molecule has 0 bridgehead atoms. The topological polar surface area (TPSA) is 79.2 Å². The number of anilines is 2. The molecule has 0 radical (unpaired) electrons. The Morgan fingerprint density at radius 2 is 2.03 bits per heavy atom. The van der Waals surface area contributed by atoms with E-state index in [1.165, 1.54) is 0 Å². The molecule has 0 aromatic carbocycles. The van der Waals surface area contributed by atoms with E-state index in [9.17, 15) is 4.79 Å². The van der Waals surface area contributed by atoms with Gasteiger partial charge in [-0.3, -0.25) is 4.79 Å². The van der Waals surface area contributed by atoms with Gasteiger partial charge in [-0.2, -0.15) is 9.97 Å². The highest BCUT2D eigenvalue weighted by atomic mass is 16.2. The number of imidazole rings is 1. The van der Waals surface area contributed by atoms with Gasteiger partial charge in [-0.05, 0) is 47.0 Å². The second-order valence-corrected chi connectivity index (χ2v) is 8.01. The lowest BCUT2D eigenvalue weighted by molar-refractivity contribution is -0.135. The van der Waals surface area contributed by atoms with E-state index in [0.717, 1.165) is 62.4 Å². The molecule has 3 rings (SSSR count). The second-order valence-electron chi connectivity index (χ2n) is 8.01. The fourth-order valence-electron chi connectivity index (χ4n) is 3.94. The molecule has 1 aliphatic rings. The van der Waals surface area contributed by atoms with Crippen LogP contribution in [0.2, 0.25) is 0 Å². The summed E-state index contributed by atoms with van der Waals surface area (Å²) in [6, 6.07) is 0.264. The van der Waals surface area contributed by atoms with E-state index < -0.39 is 0 Å². The zero-order valence-electron chi connectivity index (χ0n) is 18.5. The minimum absolute atomic E-state index is 0.00464. The van der Waals surface area contributed by atoms with Gasteiger partial charge in [-0.15, -0.1) is 0 Å². The first kappa shape index (κ1) is 21.3. The van der Waals surface area contributed by atoms with Gasteiger partial charge in [0.1, 0.15) is 0 Å². The molecule has 0 aliphatic carbocycles. The van der Waals surface area contributed by atoms with Gasteiger partial charge in [-0.25, -0.2) is 4.98 Å². The third-order valence-corrected chi connectivity index (χ3v) is 5.64. The smallest absolute Gasteiger partial charge is 0.229 e. The number of nitrogens with zero attached hydrogens (tertiary/aromatic N) is 6. The van der Waals surface area contributed by atoms with Crippen LogP contribution >= 0.6 is 0 Å². The van der Waals surface area contributed by atoms with Crippen molar-refractivity contribution in [2.24, 2.45) is 5.92 Å². The van der Waals surface area contributed by atoms with Crippen LogP contribution in [0.1, 0.15) is 59.9 Å². The fourth-order valence-corrected chi connectivity index (χ4v) is 3.94. The van der Waals surface area contributed by atoms with Crippen LogP contribution in [0.15, 0.2) is 6.33 Å². The highest BCUT2D eigenvalue weighted by molar-refractivity contribution is 5.85. The molecule has 8 heteroatoms. The molecule has 2 aromatic heterocycles. The Kier molecular flexibility index (Phi) is 6.92. The number of amides is 1. The second kappa shape index (κ2) is 9.41. The molecule has 1 N–H and O–H groups in total. The number of fused-ring (bicyclic) bond motifs is 1. The average Bonchev–Trinajstić information content (AvgIpc) is 3.17. The van der Waals surface area contributed by atoms with E-state index in [1.54, 1.807) is 0 Å². The van der Waals surface area contributed by atoms with Crippen molar-refractivity contribution in [3.05, 3.63) is 6.33 Å². The van der Waals surface area contributed by atoms with Gasteiger partial charge < -0.3 is 19.7 Å². The van der Waals surface area contributed by atoms with Crippen molar-refractivity contribution < 1.29 is 4.79 Å². The first-order chi connectivity index (χ1) is 14.0. The standard InChI is InChI=1S/C21H35N7O/c1-6-11-22-18-17-19(28(14-23-17)15(4)5)25-21(24-18)27-12-9-10-16(13-27)20(29)26(7-2)8-3/h14-16H,6-13H2,1-5H3,(H,22,24,25). The van der Waals surface area contributed by atoms with Crippen LogP contribution in [0, 0.1) is 5.92 Å². The lowest BCUT2D eigenvalue weighted by atomic mass is 9.96. The number of carbonyl (C=O) groups excluding carboxylic acids is 1. The minimum Gasteiger partial charge on any atom is -0.368 e. The van der Waals surface area contributed by atoms with Gasteiger partial charge in [0.15, 0.2) is 17.0 Å². The highest BCUT2D eigenvalue weighted by Gasteiger charge is 2.30.